The molecule has 6 heteroatoms. The van der Waals surface area contributed by atoms with Gasteiger partial charge in [-0.15, -0.1) is 0 Å². The summed E-state index contributed by atoms with van der Waals surface area (Å²) in [6, 6.07) is 10.9. The number of benzene rings is 2. The van der Waals surface area contributed by atoms with Crippen LogP contribution in [0.5, 0.6) is 0 Å². The molecule has 0 aromatic heterocycles. The van der Waals surface area contributed by atoms with Crippen molar-refractivity contribution in [3.63, 3.8) is 0 Å². The lowest BCUT2D eigenvalue weighted by molar-refractivity contribution is 0.508. The monoisotopic (exact) mass is 363 g/mol. The van der Waals surface area contributed by atoms with E-state index in [0.29, 0.717) is 23.5 Å². The van der Waals surface area contributed by atoms with Crippen molar-refractivity contribution in [2.75, 3.05) is 24.2 Å². The molecule has 0 aliphatic carbocycles. The largest absolute Gasteiger partial charge is 0.370 e. The molecule has 2 aromatic rings. The molecular formula is C19H19F2NO2S. The molecule has 0 N–H and O–H groups in total. The smallest absolute Gasteiger partial charge is 0.177 e. The number of hydrogen-bond donors (Lipinski definition) is 0. The van der Waals surface area contributed by atoms with E-state index < -0.39 is 21.5 Å². The number of halogens is 2. The van der Waals surface area contributed by atoms with Gasteiger partial charge in [0.1, 0.15) is 0 Å². The van der Waals surface area contributed by atoms with E-state index in [1.807, 2.05) is 18.2 Å². The maximum atomic E-state index is 13.3. The Morgan fingerprint density at radius 1 is 1.00 bits per heavy atom. The first-order valence-electron chi connectivity index (χ1n) is 8.03. The van der Waals surface area contributed by atoms with Gasteiger partial charge in [-0.1, -0.05) is 29.8 Å². The van der Waals surface area contributed by atoms with Crippen LogP contribution >= 0.6 is 0 Å². The van der Waals surface area contributed by atoms with Crippen LogP contribution in [0.1, 0.15) is 18.4 Å². The van der Waals surface area contributed by atoms with E-state index in [4.69, 9.17) is 0 Å². The topological polar surface area (TPSA) is 37.4 Å². The lowest BCUT2D eigenvalue weighted by atomic mass is 10.0. The highest BCUT2D eigenvalue weighted by Gasteiger charge is 2.20. The Labute approximate surface area is 146 Å². The van der Waals surface area contributed by atoms with Gasteiger partial charge in [0.25, 0.3) is 0 Å². The van der Waals surface area contributed by atoms with Gasteiger partial charge in [-0.3, -0.25) is 0 Å². The fraction of sp³-hybridized carbons (Fsp3) is 0.263. The van der Waals surface area contributed by atoms with Gasteiger partial charge in [-0.2, -0.15) is 0 Å². The Morgan fingerprint density at radius 2 is 1.68 bits per heavy atom. The second kappa shape index (κ2) is 6.96. The van der Waals surface area contributed by atoms with Crippen LogP contribution in [0.3, 0.4) is 0 Å². The summed E-state index contributed by atoms with van der Waals surface area (Å²) in [5.41, 5.74) is 2.50. The van der Waals surface area contributed by atoms with Gasteiger partial charge in [0.15, 0.2) is 21.5 Å². The standard InChI is InChI=1S/C19H19F2NO2S/c1-25(23,24)19-5-3-2-4-18(19)22-10-8-14(9-11-22)12-15-6-7-16(20)17(21)13-15/h2-7,12-13H,8-11H2,1H3. The summed E-state index contributed by atoms with van der Waals surface area (Å²) in [5, 5.41) is 0. The minimum atomic E-state index is -3.29. The van der Waals surface area contributed by atoms with Crippen molar-refractivity contribution in [1.82, 2.24) is 0 Å². The molecule has 1 fully saturated rings. The molecule has 1 saturated heterocycles. The van der Waals surface area contributed by atoms with E-state index in [1.165, 1.54) is 12.3 Å². The SMILES string of the molecule is CS(=O)(=O)c1ccccc1N1CCC(=Cc2ccc(F)c(F)c2)CC1. The number of piperidine rings is 1. The van der Waals surface area contributed by atoms with Crippen LogP contribution in [0.15, 0.2) is 52.9 Å². The predicted molar refractivity (Wildman–Crippen MR) is 95.3 cm³/mol. The number of anilines is 1. The van der Waals surface area contributed by atoms with Crippen molar-refractivity contribution in [1.29, 1.82) is 0 Å². The van der Waals surface area contributed by atoms with Crippen molar-refractivity contribution >= 4 is 21.6 Å². The molecule has 1 aliphatic rings. The molecule has 2 aromatic carbocycles. The molecule has 0 atom stereocenters. The molecule has 1 heterocycles. The summed E-state index contributed by atoms with van der Waals surface area (Å²) in [5.74, 6) is -1.71. The van der Waals surface area contributed by atoms with Crippen LogP contribution in [-0.4, -0.2) is 27.8 Å². The third kappa shape index (κ3) is 4.07. The van der Waals surface area contributed by atoms with Crippen molar-refractivity contribution in [3.05, 3.63) is 65.2 Å². The van der Waals surface area contributed by atoms with E-state index in [2.05, 4.69) is 4.90 Å². The number of para-hydroxylation sites is 1. The summed E-state index contributed by atoms with van der Waals surface area (Å²) in [4.78, 5) is 2.39. The second-order valence-electron chi connectivity index (χ2n) is 6.20. The summed E-state index contributed by atoms with van der Waals surface area (Å²) < 4.78 is 50.2. The number of sulfone groups is 1. The molecule has 1 aliphatic heterocycles. The van der Waals surface area contributed by atoms with Crippen LogP contribution in [0.2, 0.25) is 0 Å². The minimum absolute atomic E-state index is 0.336. The van der Waals surface area contributed by atoms with Crippen molar-refractivity contribution in [2.45, 2.75) is 17.7 Å². The summed E-state index contributed by atoms with van der Waals surface area (Å²) in [6.07, 6.45) is 4.58. The Morgan fingerprint density at radius 3 is 2.32 bits per heavy atom. The van der Waals surface area contributed by atoms with Crippen LogP contribution in [0, 0.1) is 11.6 Å². The molecule has 132 valence electrons. The van der Waals surface area contributed by atoms with Gasteiger partial charge in [0.05, 0.1) is 10.6 Å². The van der Waals surface area contributed by atoms with E-state index in [1.54, 1.807) is 18.2 Å². The Kier molecular flexibility index (Phi) is 4.90. The summed E-state index contributed by atoms with van der Waals surface area (Å²) >= 11 is 0. The molecule has 0 unspecified atom stereocenters. The molecule has 0 amide bonds. The van der Waals surface area contributed by atoms with Gasteiger partial charge in [-0.25, -0.2) is 17.2 Å². The molecule has 0 spiro atoms. The van der Waals surface area contributed by atoms with Crippen molar-refractivity contribution < 1.29 is 17.2 Å². The molecule has 0 saturated carbocycles. The summed E-state index contributed by atoms with van der Waals surface area (Å²) in [6.45, 7) is 1.37. The molecule has 3 nitrogen and oxygen atoms in total. The minimum Gasteiger partial charge on any atom is -0.370 e. The fourth-order valence-electron chi connectivity index (χ4n) is 3.05. The van der Waals surface area contributed by atoms with Crippen LogP contribution in [0.4, 0.5) is 14.5 Å². The van der Waals surface area contributed by atoms with Crippen LogP contribution in [0.25, 0.3) is 6.08 Å². The fourth-order valence-corrected chi connectivity index (χ4v) is 3.95. The maximum absolute atomic E-state index is 13.3. The first-order valence-corrected chi connectivity index (χ1v) is 9.92. The molecule has 0 bridgehead atoms. The third-order valence-corrected chi connectivity index (χ3v) is 5.47. The third-order valence-electron chi connectivity index (χ3n) is 4.33. The van der Waals surface area contributed by atoms with Gasteiger partial charge < -0.3 is 4.90 Å². The van der Waals surface area contributed by atoms with Gasteiger partial charge in [-0.05, 0) is 42.7 Å². The average molecular weight is 363 g/mol. The zero-order chi connectivity index (χ0) is 18.0. The van der Waals surface area contributed by atoms with Crippen molar-refractivity contribution in [3.8, 4) is 0 Å². The lowest BCUT2D eigenvalue weighted by Crippen LogP contribution is -2.31. The van der Waals surface area contributed by atoms with Crippen LogP contribution < -0.4 is 4.90 Å². The van der Waals surface area contributed by atoms with Crippen LogP contribution in [-0.2, 0) is 9.84 Å². The second-order valence-corrected chi connectivity index (χ2v) is 8.19. The first-order chi connectivity index (χ1) is 11.8. The summed E-state index contributed by atoms with van der Waals surface area (Å²) in [7, 11) is -3.29. The molecule has 25 heavy (non-hydrogen) atoms. The highest BCUT2D eigenvalue weighted by molar-refractivity contribution is 7.90. The van der Waals surface area contributed by atoms with E-state index in [0.717, 1.165) is 30.2 Å². The first kappa shape index (κ1) is 17.6. The number of hydrogen-bond acceptors (Lipinski definition) is 3. The Balaban J connectivity index is 1.76. The lowest BCUT2D eigenvalue weighted by Gasteiger charge is -2.31. The molecule has 3 rings (SSSR count). The molecule has 0 radical (unpaired) electrons. The Bertz CT molecular complexity index is 913. The maximum Gasteiger partial charge on any atom is 0.177 e. The highest BCUT2D eigenvalue weighted by atomic mass is 32.2. The van der Waals surface area contributed by atoms with E-state index >= 15 is 0 Å². The Hall–Kier alpha value is -2.21. The number of nitrogens with zero attached hydrogens (tertiary/aromatic N) is 1. The van der Waals surface area contributed by atoms with Gasteiger partial charge in [0, 0.05) is 19.3 Å². The zero-order valence-corrected chi connectivity index (χ0v) is 14.7. The van der Waals surface area contributed by atoms with E-state index in [9.17, 15) is 17.2 Å². The van der Waals surface area contributed by atoms with Crippen molar-refractivity contribution in [2.24, 2.45) is 0 Å². The zero-order valence-electron chi connectivity index (χ0n) is 13.9. The van der Waals surface area contributed by atoms with E-state index in [-0.39, 0.29) is 0 Å². The predicted octanol–water partition coefficient (Wildman–Crippen LogP) is 4.05. The quantitative estimate of drug-likeness (QED) is 0.826. The van der Waals surface area contributed by atoms with Gasteiger partial charge in [0.2, 0.25) is 0 Å². The highest BCUT2D eigenvalue weighted by Crippen LogP contribution is 2.29. The van der Waals surface area contributed by atoms with Gasteiger partial charge >= 0.3 is 0 Å². The number of rotatable bonds is 3. The normalized spacial score (nSPS) is 15.3. The molecular weight excluding hydrogens is 344 g/mol. The average Bonchev–Trinajstić information content (AvgIpc) is 2.58.